The first-order chi connectivity index (χ1) is 70.3. The van der Waals surface area contributed by atoms with Crippen LogP contribution in [0.25, 0.3) is 44.9 Å². The summed E-state index contributed by atoms with van der Waals surface area (Å²) in [6, 6.07) is 22.9. The molecule has 43 nitrogen and oxygen atoms in total. The van der Waals surface area contributed by atoms with E-state index in [4.69, 9.17) is 32.2 Å². The molecule has 7 heterocycles. The molecule has 46 heteroatoms. The molecule has 10 bridgehead atoms. The number of thioether (sulfide) groups is 3. The largest absolute Gasteiger partial charge is 0.508 e. The van der Waals surface area contributed by atoms with E-state index in [1.54, 1.807) is 154 Å². The minimum atomic E-state index is -2.20. The first kappa shape index (κ1) is 115. The number of carboxylic acid groups (broad SMARTS) is 4. The van der Waals surface area contributed by atoms with Crippen molar-refractivity contribution in [3.05, 3.63) is 203 Å². The Bertz CT molecular complexity index is 6160. The molecule has 6 aliphatic rings. The maximum absolute atomic E-state index is 15.4. The Balaban J connectivity index is 1.08. The predicted molar refractivity (Wildman–Crippen MR) is 548 cm³/mol. The molecule has 0 saturated heterocycles. The van der Waals surface area contributed by atoms with Crippen molar-refractivity contribution in [2.75, 3.05) is 23.8 Å². The first-order valence-electron chi connectivity index (χ1n) is 47.5. The monoisotopic (exact) mass is 2090 g/mol. The quantitative estimate of drug-likeness (QED) is 0.0489. The summed E-state index contributed by atoms with van der Waals surface area (Å²) in [5.41, 5.74) is 21.3. The number of amides is 14. The SMILES string of the molecule is C[C@H](N)C(=O)N[C@H]1CSCc2ccc(cc2)-c2nc3nc(n2)-c2ccc(cc2)CSC[C@H](NC(=O)[C@@H](C)NC(=O)[C@H](Cc2cccc4ccccc24)NC(=O)[C@H](CCC(=O)O)NC(=O)[C@H](CC(N)=O)NC(=O)[C@@H](C)NC1=O)C(=O)N[C@@H](CCC(=O)O)C(=O)N[C@@H](CC(=O)O)C(=O)N[C@@H](Cc1ccccc1)C(=O)N[C@@H](Cc1ccc(O)cc1)C(=O)NC(CC(=O)O)CN[C@@H](C(C)(C)C)C(=O)C[C@H](C(N)=O)CSCc1ccc-3cc1. The minimum absolute atomic E-state index is 0.0296. The van der Waals surface area contributed by atoms with Crippen molar-refractivity contribution in [2.24, 2.45) is 28.5 Å². The summed E-state index contributed by atoms with van der Waals surface area (Å²) in [6.45, 7) is 8.54. The third-order valence-corrected chi connectivity index (χ3v) is 27.4. The molecule has 14 amide bonds. The van der Waals surface area contributed by atoms with Crippen LogP contribution in [0.5, 0.6) is 5.75 Å². The zero-order valence-electron chi connectivity index (χ0n) is 81.8. The summed E-state index contributed by atoms with van der Waals surface area (Å²) >= 11 is 3.54. The lowest BCUT2D eigenvalue weighted by Gasteiger charge is -2.33. The molecule has 0 saturated carbocycles. The Morgan fingerprint density at radius 2 is 0.838 bits per heavy atom. The second-order valence-corrected chi connectivity index (χ2v) is 40.1. The number of Topliss-reactive ketones (excluding diaryl/α,β-unsaturated/α-hetero) is 1. The van der Waals surface area contributed by atoms with E-state index in [2.05, 4.69) is 69.1 Å². The third kappa shape index (κ3) is 35.6. The molecule has 6 aliphatic heterocycles. The van der Waals surface area contributed by atoms with Crippen LogP contribution in [0, 0.1) is 11.3 Å². The molecule has 14 rings (SSSR count). The first-order valence-corrected chi connectivity index (χ1v) is 50.9. The van der Waals surface area contributed by atoms with Gasteiger partial charge in [-0.15, -0.1) is 0 Å². The van der Waals surface area contributed by atoms with Gasteiger partial charge in [-0.25, -0.2) is 15.0 Å². The topological polar surface area (TPSA) is 699 Å². The van der Waals surface area contributed by atoms with Gasteiger partial charge in [-0.05, 0) is 95.3 Å². The van der Waals surface area contributed by atoms with Gasteiger partial charge in [0.15, 0.2) is 23.3 Å². The number of aromatic nitrogens is 3. The molecule has 8 aromatic rings. The number of carboxylic acids is 4. The highest BCUT2D eigenvalue weighted by molar-refractivity contribution is 7.99. The fourth-order valence-electron chi connectivity index (χ4n) is 15.9. The fraction of sp³-hybridized carbons (Fsp3) is 0.392. The number of carbonyl (C=O) groups is 19. The Morgan fingerprint density at radius 3 is 1.33 bits per heavy atom. The molecule has 0 spiro atoms. The summed E-state index contributed by atoms with van der Waals surface area (Å²) in [4.78, 5) is 283. The number of nitrogens with zero attached hydrogens (tertiary/aromatic N) is 3. The van der Waals surface area contributed by atoms with Gasteiger partial charge in [0, 0.05) is 96.3 Å². The number of rotatable bonds is 21. The van der Waals surface area contributed by atoms with Crippen LogP contribution in [0.2, 0.25) is 0 Å². The molecular weight excluding hydrogens is 1970 g/mol. The lowest BCUT2D eigenvalue weighted by atomic mass is 9.81. The van der Waals surface area contributed by atoms with E-state index in [9.17, 15) is 83.1 Å². The molecule has 0 fully saturated rings. The zero-order valence-corrected chi connectivity index (χ0v) is 84.3. The molecule has 1 unspecified atom stereocenters. The van der Waals surface area contributed by atoms with Crippen LogP contribution >= 0.6 is 35.3 Å². The number of benzene rings is 7. The Morgan fingerprint density at radius 1 is 0.426 bits per heavy atom. The minimum Gasteiger partial charge on any atom is -0.508 e. The van der Waals surface area contributed by atoms with Gasteiger partial charge in [0.25, 0.3) is 0 Å². The van der Waals surface area contributed by atoms with E-state index in [1.165, 1.54) is 68.6 Å². The lowest BCUT2D eigenvalue weighted by Crippen LogP contribution is -2.61. The maximum Gasteiger partial charge on any atom is 0.305 e. The van der Waals surface area contributed by atoms with Gasteiger partial charge in [0.2, 0.25) is 82.7 Å². The zero-order chi connectivity index (χ0) is 108. The van der Waals surface area contributed by atoms with Gasteiger partial charge in [-0.3, -0.25) is 91.1 Å². The number of phenols is 1. The van der Waals surface area contributed by atoms with Crippen molar-refractivity contribution in [3.8, 4) is 39.9 Å². The van der Waals surface area contributed by atoms with Gasteiger partial charge >= 0.3 is 23.9 Å². The lowest BCUT2D eigenvalue weighted by molar-refractivity contribution is -0.142. The number of primary amides is 2. The van der Waals surface area contributed by atoms with E-state index < -0.39 is 278 Å². The average Bonchev–Trinajstić information content (AvgIpc) is 0.798. The Kier molecular flexibility index (Phi) is 42.4. The summed E-state index contributed by atoms with van der Waals surface area (Å²) in [6.07, 6.45) is -7.76. The summed E-state index contributed by atoms with van der Waals surface area (Å²) in [5, 5.41) is 85.8. The third-order valence-electron chi connectivity index (χ3n) is 24.0. The number of ketones is 1. The second kappa shape index (κ2) is 54.8. The summed E-state index contributed by atoms with van der Waals surface area (Å²) in [7, 11) is 0. The molecule has 15 atom stereocenters. The van der Waals surface area contributed by atoms with Crippen molar-refractivity contribution in [1.29, 1.82) is 0 Å². The van der Waals surface area contributed by atoms with Crippen molar-refractivity contribution in [2.45, 2.75) is 214 Å². The van der Waals surface area contributed by atoms with Gasteiger partial charge in [0.1, 0.15) is 72.2 Å². The van der Waals surface area contributed by atoms with Crippen LogP contribution in [-0.4, -0.2) is 261 Å². The van der Waals surface area contributed by atoms with Crippen molar-refractivity contribution < 1.29 is 117 Å². The number of phenolic OH excluding ortho intramolecular Hbond substituents is 1. The van der Waals surface area contributed by atoms with E-state index in [0.717, 1.165) is 17.3 Å². The number of aromatic hydroxyl groups is 1. The highest BCUT2D eigenvalue weighted by atomic mass is 32.2. The second-order valence-electron chi connectivity index (χ2n) is 37.1. The highest BCUT2D eigenvalue weighted by Gasteiger charge is 2.41. The van der Waals surface area contributed by atoms with Crippen molar-refractivity contribution >= 4 is 158 Å². The van der Waals surface area contributed by atoms with Crippen molar-refractivity contribution in [1.82, 2.24) is 84.1 Å². The van der Waals surface area contributed by atoms with Gasteiger partial charge in [0.05, 0.1) is 43.3 Å². The van der Waals surface area contributed by atoms with Crippen LogP contribution in [0.3, 0.4) is 0 Å². The molecular formula is C102H121N19O24S3. The number of hydrogen-bond donors (Lipinski definition) is 21. The maximum atomic E-state index is 15.4. The average molecular weight is 2090 g/mol. The molecule has 0 aliphatic carbocycles. The Labute approximate surface area is 863 Å². The molecule has 786 valence electrons. The Hall–Kier alpha value is -15.3. The number of hydrogen-bond acceptors (Lipinski definition) is 28. The molecule has 7 aromatic carbocycles. The van der Waals surface area contributed by atoms with E-state index in [1.807, 2.05) is 12.1 Å². The smallest absolute Gasteiger partial charge is 0.305 e. The number of fused-ring (bicyclic) bond motifs is 3. The van der Waals surface area contributed by atoms with E-state index >= 15 is 33.6 Å². The predicted octanol–water partition coefficient (Wildman–Crippen LogP) is 2.01. The van der Waals surface area contributed by atoms with Crippen LogP contribution in [0.15, 0.2) is 170 Å². The standard InChI is InChI=1S/C102H121N19O24S3/c1-53(103)90(134)117-77-51-147-48-59-21-29-63(30-22-59)88-119-87-62-27-19-58(20-28-62)47-146-50-66(86(105)133)42-79(123)85(102(4,5)6)106-46-67(43-83(129)130)109-96(140)72(40-57-25-33-68(122)34-26-57)113-97(141)73(39-56-13-8-7-9-14-56)114-99(143)76(45-84(131)132)116-94(138)71(36-38-82(127)128)111-101(145)78(52-148-49-60-23-31-64(32-24-60)89(120-87)121-88)118-92(136)55(3)107-95(139)74(41-65-17-12-16-61-15-10-11-18-69(61)65)115-93(137)70(35-37-81(125)126)110-98(142)75(44-80(104)124)112-91(135)54(2)108-100(77)144/h7-34,53-55,66-67,70-78,85,106,122H,35-52,103H2,1-6H3,(H2,104,124)(H2,105,133)(H,107,139)(H,108,144)(H,109,140)(H,110,142)(H,111,145)(H,112,135)(H,113,141)(H,114,143)(H,115,137)(H,116,138)(H,117,134)(H,118,136)(H,125,126)(H,127,128)(H,129,130)(H,131,132)/t53-,54+,55+,66-,67?,70-,71-,72-,73-,74-,75-,76-,77-,78-,85+/m0/s1. The molecule has 0 radical (unpaired) electrons. The van der Waals surface area contributed by atoms with Crippen LogP contribution in [0.4, 0.5) is 0 Å². The number of aliphatic carboxylic acids is 4. The van der Waals surface area contributed by atoms with E-state index in [-0.39, 0.29) is 59.1 Å². The highest BCUT2D eigenvalue weighted by Crippen LogP contribution is 2.31. The van der Waals surface area contributed by atoms with Crippen LogP contribution in [-0.2, 0) is 128 Å². The van der Waals surface area contributed by atoms with Crippen LogP contribution < -0.4 is 86.3 Å². The molecule has 148 heavy (non-hydrogen) atoms. The van der Waals surface area contributed by atoms with Gasteiger partial charge < -0.3 is 112 Å². The van der Waals surface area contributed by atoms with Crippen molar-refractivity contribution in [3.63, 3.8) is 0 Å². The summed E-state index contributed by atoms with van der Waals surface area (Å²) in [5.74, 6) is -22.8. The molecule has 1 aromatic heterocycles. The van der Waals surface area contributed by atoms with Gasteiger partial charge in [-0.1, -0.05) is 178 Å². The normalized spacial score (nSPS) is 22.7. The number of nitrogens with one attached hydrogen (secondary N) is 13. The fourth-order valence-corrected chi connectivity index (χ4v) is 19.1. The molecule has 24 N–H and O–H groups in total. The summed E-state index contributed by atoms with van der Waals surface area (Å²) < 4.78 is 0. The number of carbonyl (C=O) groups excluding carboxylic acids is 15. The van der Waals surface area contributed by atoms with Gasteiger partial charge in [-0.2, -0.15) is 35.3 Å². The van der Waals surface area contributed by atoms with Crippen LogP contribution in [0.1, 0.15) is 126 Å². The van der Waals surface area contributed by atoms with E-state index in [0.29, 0.717) is 61.0 Å². The number of nitrogens with two attached hydrogens (primary N) is 3.